The molecule has 0 aliphatic heterocycles. The van der Waals surface area contributed by atoms with E-state index < -0.39 is 6.10 Å². The van der Waals surface area contributed by atoms with Gasteiger partial charge in [-0.15, -0.1) is 11.6 Å². The first kappa shape index (κ1) is 17.3. The van der Waals surface area contributed by atoms with Gasteiger partial charge in [-0.2, -0.15) is 5.26 Å². The van der Waals surface area contributed by atoms with E-state index in [4.69, 9.17) is 22.1 Å². The normalized spacial score (nSPS) is 11.7. The molecule has 1 rings (SSSR count). The van der Waals surface area contributed by atoms with Crippen molar-refractivity contribution in [3.8, 4) is 11.8 Å². The number of Topliss-reactive ketones (excluding diaryl/α,β-unsaturated/α-hetero) is 1. The first-order valence-electron chi connectivity index (χ1n) is 6.77. The maximum atomic E-state index is 12.2. The number of unbranched alkanes of at least 4 members (excludes halogenated alkanes) is 1. The number of ketones is 1. The number of ether oxygens (including phenoxy) is 1. The first-order valence-corrected chi connectivity index (χ1v) is 7.31. The minimum atomic E-state index is -0.877. The number of carbonyl (C=O) groups excluding carboxylic acids is 1. The Hall–Kier alpha value is -1.77. The maximum Gasteiger partial charge on any atom is 0.166 e. The van der Waals surface area contributed by atoms with Crippen LogP contribution in [0, 0.1) is 11.3 Å². The minimum absolute atomic E-state index is 0.00329. The number of nitrogen functional groups attached to an aromatic ring is 1. The van der Waals surface area contributed by atoms with Crippen molar-refractivity contribution in [3.05, 3.63) is 23.3 Å². The van der Waals surface area contributed by atoms with Crippen LogP contribution >= 0.6 is 11.6 Å². The third kappa shape index (κ3) is 4.62. The first-order chi connectivity index (χ1) is 10.0. The molecule has 1 aromatic rings. The Kier molecular flexibility index (Phi) is 7.00. The number of halogens is 1. The van der Waals surface area contributed by atoms with Gasteiger partial charge in [-0.1, -0.05) is 13.3 Å². The van der Waals surface area contributed by atoms with E-state index in [1.807, 2.05) is 13.0 Å². The summed E-state index contributed by atoms with van der Waals surface area (Å²) in [5.74, 6) is 0.0232. The molecule has 5 nitrogen and oxygen atoms in total. The number of anilines is 1. The molecule has 0 aromatic heterocycles. The summed E-state index contributed by atoms with van der Waals surface area (Å²) in [6.07, 6.45) is 1.15. The zero-order valence-corrected chi connectivity index (χ0v) is 12.7. The molecule has 0 saturated heterocycles. The molecule has 114 valence electrons. The van der Waals surface area contributed by atoms with E-state index in [1.54, 1.807) is 6.07 Å². The molecule has 1 unspecified atom stereocenters. The number of hydrogen-bond donors (Lipinski definition) is 2. The fraction of sp³-hybridized carbons (Fsp3) is 0.467. The standard InChI is InChI=1S/C15H19ClN2O3/c1-2-3-4-14(20)11-5-6-13(18)12(8-17)15(11)21-9-10(19)7-16/h5-6,10,19H,2-4,7,9,18H2,1H3. The van der Waals surface area contributed by atoms with Gasteiger partial charge in [0.2, 0.25) is 0 Å². The summed E-state index contributed by atoms with van der Waals surface area (Å²) in [4.78, 5) is 12.2. The van der Waals surface area contributed by atoms with Gasteiger partial charge in [-0.3, -0.25) is 4.79 Å². The van der Waals surface area contributed by atoms with Crippen LogP contribution in [0.3, 0.4) is 0 Å². The average Bonchev–Trinajstić information content (AvgIpc) is 2.50. The van der Waals surface area contributed by atoms with Crippen molar-refractivity contribution in [1.29, 1.82) is 5.26 Å². The number of alkyl halides is 1. The lowest BCUT2D eigenvalue weighted by Gasteiger charge is -2.15. The van der Waals surface area contributed by atoms with Crippen molar-refractivity contribution >= 4 is 23.1 Å². The highest BCUT2D eigenvalue weighted by molar-refractivity contribution is 6.18. The van der Waals surface area contributed by atoms with Crippen LogP contribution < -0.4 is 10.5 Å². The molecule has 0 bridgehead atoms. The van der Waals surface area contributed by atoms with Gasteiger partial charge in [0.15, 0.2) is 5.78 Å². The zero-order chi connectivity index (χ0) is 15.8. The molecular weight excluding hydrogens is 292 g/mol. The quantitative estimate of drug-likeness (QED) is 0.437. The molecule has 0 aliphatic rings. The van der Waals surface area contributed by atoms with Crippen molar-refractivity contribution in [2.45, 2.75) is 32.3 Å². The van der Waals surface area contributed by atoms with Crippen molar-refractivity contribution < 1.29 is 14.6 Å². The smallest absolute Gasteiger partial charge is 0.166 e. The van der Waals surface area contributed by atoms with E-state index in [0.717, 1.165) is 12.8 Å². The van der Waals surface area contributed by atoms with E-state index in [0.29, 0.717) is 12.0 Å². The minimum Gasteiger partial charge on any atom is -0.489 e. The lowest BCUT2D eigenvalue weighted by Crippen LogP contribution is -2.20. The van der Waals surface area contributed by atoms with Gasteiger partial charge in [0.1, 0.15) is 30.1 Å². The van der Waals surface area contributed by atoms with Crippen molar-refractivity contribution in [3.63, 3.8) is 0 Å². The Bertz CT molecular complexity index is 540. The average molecular weight is 311 g/mol. The van der Waals surface area contributed by atoms with Crippen molar-refractivity contribution in [2.24, 2.45) is 0 Å². The van der Waals surface area contributed by atoms with E-state index in [9.17, 15) is 15.2 Å². The Morgan fingerprint density at radius 1 is 1.57 bits per heavy atom. The molecule has 1 atom stereocenters. The SMILES string of the molecule is CCCCC(=O)c1ccc(N)c(C#N)c1OCC(O)CCl. The Balaban J connectivity index is 3.12. The van der Waals surface area contributed by atoms with E-state index in [2.05, 4.69) is 0 Å². The predicted molar refractivity (Wildman–Crippen MR) is 81.6 cm³/mol. The molecule has 0 amide bonds. The van der Waals surface area contributed by atoms with E-state index in [-0.39, 0.29) is 35.3 Å². The van der Waals surface area contributed by atoms with Crippen LogP contribution in [-0.2, 0) is 0 Å². The van der Waals surface area contributed by atoms with Crippen molar-refractivity contribution in [2.75, 3.05) is 18.2 Å². The fourth-order valence-corrected chi connectivity index (χ4v) is 1.87. The summed E-state index contributed by atoms with van der Waals surface area (Å²) < 4.78 is 5.44. The van der Waals surface area contributed by atoms with Crippen molar-refractivity contribution in [1.82, 2.24) is 0 Å². The Labute approximate surface area is 129 Å². The van der Waals surface area contributed by atoms with Crippen LogP contribution in [0.25, 0.3) is 0 Å². The molecule has 3 N–H and O–H groups in total. The molecule has 6 heteroatoms. The highest BCUT2D eigenvalue weighted by Gasteiger charge is 2.19. The van der Waals surface area contributed by atoms with Crippen LogP contribution in [0.5, 0.6) is 5.75 Å². The lowest BCUT2D eigenvalue weighted by atomic mass is 10.0. The second-order valence-corrected chi connectivity index (χ2v) is 4.97. The number of rotatable bonds is 8. The molecule has 1 aromatic carbocycles. The highest BCUT2D eigenvalue weighted by Crippen LogP contribution is 2.30. The summed E-state index contributed by atoms with van der Waals surface area (Å²) >= 11 is 5.51. The topological polar surface area (TPSA) is 96.3 Å². The van der Waals surface area contributed by atoms with Crippen LogP contribution in [0.1, 0.15) is 42.1 Å². The third-order valence-electron chi connectivity index (χ3n) is 2.96. The van der Waals surface area contributed by atoms with E-state index >= 15 is 0 Å². The Morgan fingerprint density at radius 2 is 2.29 bits per heavy atom. The van der Waals surface area contributed by atoms with Gasteiger partial charge in [0, 0.05) is 6.42 Å². The summed E-state index contributed by atoms with van der Waals surface area (Å²) in [6.45, 7) is 1.89. The van der Waals surface area contributed by atoms with Gasteiger partial charge in [0.05, 0.1) is 17.1 Å². The van der Waals surface area contributed by atoms with Gasteiger partial charge in [0.25, 0.3) is 0 Å². The molecule has 21 heavy (non-hydrogen) atoms. The molecule has 0 radical (unpaired) electrons. The number of nitrogens with two attached hydrogens (primary N) is 1. The molecular formula is C15H19ClN2O3. The summed E-state index contributed by atoms with van der Waals surface area (Å²) in [5.41, 5.74) is 6.40. The molecule has 0 fully saturated rings. The Morgan fingerprint density at radius 3 is 2.86 bits per heavy atom. The fourth-order valence-electron chi connectivity index (χ4n) is 1.78. The molecule has 0 saturated carbocycles. The molecule has 0 spiro atoms. The number of benzene rings is 1. The van der Waals surface area contributed by atoms with Crippen LogP contribution in [0.2, 0.25) is 0 Å². The monoisotopic (exact) mass is 310 g/mol. The van der Waals surface area contributed by atoms with Crippen LogP contribution in [0.4, 0.5) is 5.69 Å². The van der Waals surface area contributed by atoms with E-state index in [1.165, 1.54) is 6.07 Å². The third-order valence-corrected chi connectivity index (χ3v) is 3.31. The van der Waals surface area contributed by atoms with Gasteiger partial charge in [-0.05, 0) is 18.6 Å². The summed E-state index contributed by atoms with van der Waals surface area (Å²) in [6, 6.07) is 5.01. The van der Waals surface area contributed by atoms with Crippen LogP contribution in [-0.4, -0.2) is 29.5 Å². The van der Waals surface area contributed by atoms with Gasteiger partial charge in [-0.25, -0.2) is 0 Å². The summed E-state index contributed by atoms with van der Waals surface area (Å²) in [7, 11) is 0. The number of nitriles is 1. The predicted octanol–water partition coefficient (Wildman–Crippen LogP) is 2.49. The van der Waals surface area contributed by atoms with Gasteiger partial charge < -0.3 is 15.6 Å². The lowest BCUT2D eigenvalue weighted by molar-refractivity contribution is 0.0964. The van der Waals surface area contributed by atoms with Gasteiger partial charge >= 0.3 is 0 Å². The number of aliphatic hydroxyl groups excluding tert-OH is 1. The van der Waals surface area contributed by atoms with Crippen LogP contribution in [0.15, 0.2) is 12.1 Å². The number of carbonyl (C=O) groups is 1. The number of hydrogen-bond acceptors (Lipinski definition) is 5. The highest BCUT2D eigenvalue weighted by atomic mass is 35.5. The summed E-state index contributed by atoms with van der Waals surface area (Å²) in [5, 5.41) is 18.7. The molecule has 0 heterocycles. The second-order valence-electron chi connectivity index (χ2n) is 4.66. The molecule has 0 aliphatic carbocycles. The number of aliphatic hydroxyl groups is 1. The second kappa shape index (κ2) is 8.50. The largest absolute Gasteiger partial charge is 0.489 e. The number of nitrogens with zero attached hydrogens (tertiary/aromatic N) is 1. The maximum absolute atomic E-state index is 12.2. The zero-order valence-electron chi connectivity index (χ0n) is 11.9.